The molecule has 3 aromatic rings. The lowest BCUT2D eigenvalue weighted by atomic mass is 10.1. The van der Waals surface area contributed by atoms with Gasteiger partial charge in [-0.25, -0.2) is 4.98 Å². The highest BCUT2D eigenvalue weighted by atomic mass is 16.6. The summed E-state index contributed by atoms with van der Waals surface area (Å²) in [7, 11) is 1.62. The van der Waals surface area contributed by atoms with Gasteiger partial charge in [-0.2, -0.15) is 0 Å². The number of ether oxygens (including phenoxy) is 3. The third-order valence-corrected chi connectivity index (χ3v) is 4.35. The van der Waals surface area contributed by atoms with Crippen LogP contribution in [0.2, 0.25) is 0 Å². The normalized spacial score (nSPS) is 11.8. The van der Waals surface area contributed by atoms with Gasteiger partial charge < -0.3 is 14.2 Å². The first kappa shape index (κ1) is 20.8. The number of methoxy groups -OCH3 is 1. The molecule has 0 unspecified atom stereocenters. The molecule has 156 valence electrons. The molecule has 3 rings (SSSR count). The van der Waals surface area contributed by atoms with Gasteiger partial charge in [0.2, 0.25) is 5.65 Å². The highest BCUT2D eigenvalue weighted by Gasteiger charge is 2.16. The zero-order chi connectivity index (χ0) is 21.0. The Morgan fingerprint density at radius 2 is 1.93 bits per heavy atom. The Morgan fingerprint density at radius 3 is 2.66 bits per heavy atom. The highest BCUT2D eigenvalue weighted by Crippen LogP contribution is 2.26. The van der Waals surface area contributed by atoms with E-state index in [1.165, 1.54) is 0 Å². The summed E-state index contributed by atoms with van der Waals surface area (Å²) in [6, 6.07) is 5.68. The molecular weight excluding hydrogens is 372 g/mol. The SMILES string of the molecule is COc1ccc2c(c1)nc(OCCCCCC(=O)OC(C)(C)C)c1nnc(C)n12. The van der Waals surface area contributed by atoms with E-state index < -0.39 is 5.60 Å². The number of aryl methyl sites for hydroxylation is 1. The van der Waals surface area contributed by atoms with E-state index in [1.54, 1.807) is 7.11 Å². The second-order valence-corrected chi connectivity index (χ2v) is 7.92. The van der Waals surface area contributed by atoms with E-state index in [-0.39, 0.29) is 5.97 Å². The predicted octanol–water partition coefficient (Wildman–Crippen LogP) is 3.88. The van der Waals surface area contributed by atoms with Crippen molar-refractivity contribution in [1.29, 1.82) is 0 Å². The van der Waals surface area contributed by atoms with Crippen molar-refractivity contribution in [2.75, 3.05) is 13.7 Å². The zero-order valence-electron chi connectivity index (χ0n) is 17.7. The Bertz CT molecular complexity index is 1010. The maximum atomic E-state index is 11.7. The molecule has 29 heavy (non-hydrogen) atoms. The first-order valence-electron chi connectivity index (χ1n) is 9.82. The summed E-state index contributed by atoms with van der Waals surface area (Å²) >= 11 is 0. The van der Waals surface area contributed by atoms with Crippen LogP contribution in [0.4, 0.5) is 0 Å². The molecular formula is C21H28N4O4. The van der Waals surface area contributed by atoms with Crippen LogP contribution in [0.5, 0.6) is 11.6 Å². The third kappa shape index (κ3) is 5.13. The number of carbonyl (C=O) groups is 1. The Morgan fingerprint density at radius 1 is 1.14 bits per heavy atom. The van der Waals surface area contributed by atoms with Crippen molar-refractivity contribution in [2.24, 2.45) is 0 Å². The zero-order valence-corrected chi connectivity index (χ0v) is 17.7. The number of hydrogen-bond donors (Lipinski definition) is 0. The maximum Gasteiger partial charge on any atom is 0.306 e. The molecule has 0 aliphatic carbocycles. The highest BCUT2D eigenvalue weighted by molar-refractivity contribution is 5.81. The molecule has 0 bridgehead atoms. The van der Waals surface area contributed by atoms with E-state index in [4.69, 9.17) is 14.2 Å². The number of benzene rings is 1. The van der Waals surface area contributed by atoms with Crippen LogP contribution >= 0.6 is 0 Å². The molecule has 2 heterocycles. The van der Waals surface area contributed by atoms with Gasteiger partial charge in [-0.1, -0.05) is 0 Å². The Labute approximate surface area is 170 Å². The van der Waals surface area contributed by atoms with Crippen molar-refractivity contribution in [3.05, 3.63) is 24.0 Å². The Balaban J connectivity index is 1.62. The minimum atomic E-state index is -0.438. The van der Waals surface area contributed by atoms with Crippen LogP contribution in [-0.2, 0) is 9.53 Å². The van der Waals surface area contributed by atoms with Crippen LogP contribution in [0, 0.1) is 6.92 Å². The number of aromatic nitrogens is 4. The third-order valence-electron chi connectivity index (χ3n) is 4.35. The van der Waals surface area contributed by atoms with Crippen LogP contribution in [0.1, 0.15) is 52.3 Å². The molecule has 0 radical (unpaired) electrons. The van der Waals surface area contributed by atoms with Crippen molar-refractivity contribution in [3.63, 3.8) is 0 Å². The average molecular weight is 400 g/mol. The topological polar surface area (TPSA) is 87.8 Å². The van der Waals surface area contributed by atoms with E-state index in [9.17, 15) is 4.79 Å². The molecule has 8 heteroatoms. The molecule has 0 fully saturated rings. The van der Waals surface area contributed by atoms with Gasteiger partial charge >= 0.3 is 5.97 Å². The van der Waals surface area contributed by atoms with Gasteiger partial charge in [-0.05, 0) is 59.1 Å². The Kier molecular flexibility index (Phi) is 6.20. The average Bonchev–Trinajstić information content (AvgIpc) is 3.04. The van der Waals surface area contributed by atoms with Crippen molar-refractivity contribution in [2.45, 2.75) is 59.0 Å². The lowest BCUT2D eigenvalue weighted by molar-refractivity contribution is -0.154. The minimum Gasteiger partial charge on any atom is -0.497 e. The molecule has 0 aliphatic heterocycles. The summed E-state index contributed by atoms with van der Waals surface area (Å²) < 4.78 is 18.5. The molecule has 0 spiro atoms. The molecule has 0 aliphatic rings. The quantitative estimate of drug-likeness (QED) is 0.419. The minimum absolute atomic E-state index is 0.163. The number of fused-ring (bicyclic) bond motifs is 3. The molecule has 0 saturated heterocycles. The summed E-state index contributed by atoms with van der Waals surface area (Å²) in [4.78, 5) is 16.4. The van der Waals surface area contributed by atoms with E-state index >= 15 is 0 Å². The van der Waals surface area contributed by atoms with Gasteiger partial charge in [-0.3, -0.25) is 9.20 Å². The first-order chi connectivity index (χ1) is 13.8. The van der Waals surface area contributed by atoms with Crippen LogP contribution in [0.15, 0.2) is 18.2 Å². The molecule has 2 aromatic heterocycles. The molecule has 0 amide bonds. The van der Waals surface area contributed by atoms with E-state index in [1.807, 2.05) is 50.3 Å². The predicted molar refractivity (Wildman–Crippen MR) is 109 cm³/mol. The number of unbranched alkanes of at least 4 members (excludes halogenated alkanes) is 2. The number of rotatable bonds is 8. The molecule has 8 nitrogen and oxygen atoms in total. The summed E-state index contributed by atoms with van der Waals surface area (Å²) in [6.45, 7) is 8.00. The van der Waals surface area contributed by atoms with Crippen molar-refractivity contribution in [1.82, 2.24) is 19.6 Å². The fourth-order valence-electron chi connectivity index (χ4n) is 3.06. The first-order valence-corrected chi connectivity index (χ1v) is 9.82. The van der Waals surface area contributed by atoms with Crippen molar-refractivity contribution in [3.8, 4) is 11.6 Å². The van der Waals surface area contributed by atoms with Gasteiger partial charge in [0.25, 0.3) is 5.88 Å². The lowest BCUT2D eigenvalue weighted by Crippen LogP contribution is -2.23. The number of hydrogen-bond acceptors (Lipinski definition) is 7. The number of nitrogens with zero attached hydrogens (tertiary/aromatic N) is 4. The van der Waals surface area contributed by atoms with Crippen LogP contribution in [-0.4, -0.2) is 44.9 Å². The van der Waals surface area contributed by atoms with Gasteiger partial charge in [0.1, 0.15) is 17.2 Å². The summed E-state index contributed by atoms with van der Waals surface area (Å²) in [6.07, 6.45) is 2.85. The van der Waals surface area contributed by atoms with Crippen molar-refractivity contribution >= 4 is 22.6 Å². The number of esters is 1. The van der Waals surface area contributed by atoms with E-state index in [0.717, 1.165) is 41.9 Å². The van der Waals surface area contributed by atoms with Gasteiger partial charge in [0, 0.05) is 12.5 Å². The number of carbonyl (C=O) groups excluding carboxylic acids is 1. The summed E-state index contributed by atoms with van der Waals surface area (Å²) in [5.41, 5.74) is 1.80. The monoisotopic (exact) mass is 400 g/mol. The van der Waals surface area contributed by atoms with Crippen LogP contribution < -0.4 is 9.47 Å². The van der Waals surface area contributed by atoms with Gasteiger partial charge in [-0.15, -0.1) is 10.2 Å². The fourth-order valence-corrected chi connectivity index (χ4v) is 3.06. The maximum absolute atomic E-state index is 11.7. The molecule has 1 aromatic carbocycles. The second kappa shape index (κ2) is 8.63. The molecule has 0 saturated carbocycles. The largest absolute Gasteiger partial charge is 0.497 e. The van der Waals surface area contributed by atoms with Gasteiger partial charge in [0.05, 0.1) is 24.8 Å². The fraction of sp³-hybridized carbons (Fsp3) is 0.524. The molecule has 0 atom stereocenters. The standard InChI is InChI=1S/C21H28N4O4/c1-14-23-24-19-20(22-16-13-15(27-5)10-11-17(16)25(14)19)28-12-8-6-7-9-18(26)29-21(2,3)4/h10-11,13H,6-9,12H2,1-5H3. The van der Waals surface area contributed by atoms with Gasteiger partial charge in [0.15, 0.2) is 0 Å². The van der Waals surface area contributed by atoms with Crippen LogP contribution in [0.25, 0.3) is 16.7 Å². The van der Waals surface area contributed by atoms with E-state index in [0.29, 0.717) is 24.6 Å². The van der Waals surface area contributed by atoms with Crippen LogP contribution in [0.3, 0.4) is 0 Å². The van der Waals surface area contributed by atoms with Crippen molar-refractivity contribution < 1.29 is 19.0 Å². The summed E-state index contributed by atoms with van der Waals surface area (Å²) in [5.74, 6) is 1.77. The summed E-state index contributed by atoms with van der Waals surface area (Å²) in [5, 5.41) is 8.38. The Hall–Kier alpha value is -2.90. The molecule has 0 N–H and O–H groups in total. The second-order valence-electron chi connectivity index (χ2n) is 7.92. The smallest absolute Gasteiger partial charge is 0.306 e. The van der Waals surface area contributed by atoms with E-state index in [2.05, 4.69) is 15.2 Å². The lowest BCUT2D eigenvalue weighted by Gasteiger charge is -2.19.